The highest BCUT2D eigenvalue weighted by molar-refractivity contribution is 6.30. The van der Waals surface area contributed by atoms with Gasteiger partial charge in [0.25, 0.3) is 11.8 Å². The van der Waals surface area contributed by atoms with Crippen molar-refractivity contribution in [3.8, 4) is 0 Å². The maximum Gasteiger partial charge on any atom is 0.338 e. The zero-order chi connectivity index (χ0) is 28.7. The first-order valence-corrected chi connectivity index (χ1v) is 13.7. The lowest BCUT2D eigenvalue weighted by Crippen LogP contribution is -2.43. The topological polar surface area (TPSA) is 122 Å². The summed E-state index contributed by atoms with van der Waals surface area (Å²) < 4.78 is 5.09. The van der Waals surface area contributed by atoms with Crippen LogP contribution in [0, 0.1) is 23.7 Å². The zero-order valence-electron chi connectivity index (χ0n) is 21.8. The Labute approximate surface area is 240 Å². The van der Waals surface area contributed by atoms with Crippen LogP contribution in [0.25, 0.3) is 0 Å². The number of carbonyl (C=O) groups excluding carboxylic acids is 5. The molecule has 4 amide bonds. The summed E-state index contributed by atoms with van der Waals surface area (Å²) in [5, 5.41) is 0.465. The minimum Gasteiger partial charge on any atom is -0.452 e. The molecule has 6 rings (SSSR count). The highest BCUT2D eigenvalue weighted by atomic mass is 35.5. The van der Waals surface area contributed by atoms with Crippen LogP contribution < -0.4 is 15.8 Å². The third kappa shape index (κ3) is 4.97. The summed E-state index contributed by atoms with van der Waals surface area (Å²) in [5.74, 6) is -2.76. The average molecular weight is 572 g/mol. The molecule has 3 fully saturated rings. The first kappa shape index (κ1) is 26.7. The van der Waals surface area contributed by atoms with Gasteiger partial charge in [0.05, 0.1) is 23.1 Å². The van der Waals surface area contributed by atoms with Gasteiger partial charge in [0.1, 0.15) is 0 Å². The van der Waals surface area contributed by atoms with E-state index in [9.17, 15) is 24.0 Å². The van der Waals surface area contributed by atoms with E-state index >= 15 is 0 Å². The number of anilines is 1. The summed E-state index contributed by atoms with van der Waals surface area (Å²) in [6, 6.07) is 22.3. The van der Waals surface area contributed by atoms with E-state index in [0.717, 1.165) is 12.8 Å². The first-order chi connectivity index (χ1) is 19.8. The Bertz CT molecular complexity index is 1540. The van der Waals surface area contributed by atoms with E-state index in [1.165, 1.54) is 46.9 Å². The molecule has 5 atom stereocenters. The molecule has 10 heteroatoms. The number of fused-ring (bicyclic) bond motifs is 5. The second kappa shape index (κ2) is 10.8. The van der Waals surface area contributed by atoms with Crippen LogP contribution >= 0.6 is 11.6 Å². The largest absolute Gasteiger partial charge is 0.452 e. The third-order valence-electron chi connectivity index (χ3n) is 8.34. The molecule has 208 valence electrons. The lowest BCUT2D eigenvalue weighted by atomic mass is 9.73. The minimum absolute atomic E-state index is 0.0864. The molecule has 41 heavy (non-hydrogen) atoms. The van der Waals surface area contributed by atoms with E-state index in [0.29, 0.717) is 10.7 Å². The van der Waals surface area contributed by atoms with Gasteiger partial charge < -0.3 is 4.74 Å². The molecule has 3 aromatic carbocycles. The number of nitrogens with one attached hydrogen (secondary N) is 2. The molecule has 3 aliphatic rings. The van der Waals surface area contributed by atoms with Gasteiger partial charge >= 0.3 is 5.97 Å². The number of esters is 1. The number of hydrogen-bond acceptors (Lipinski definition) is 6. The fraction of sp³-hybridized carbons (Fsp3) is 0.258. The Kier molecular flexibility index (Phi) is 7.05. The minimum atomic E-state index is -0.811. The molecule has 1 heterocycles. The second-order valence-electron chi connectivity index (χ2n) is 10.6. The van der Waals surface area contributed by atoms with Crippen molar-refractivity contribution in [2.75, 3.05) is 11.5 Å². The predicted octanol–water partition coefficient (Wildman–Crippen LogP) is 3.89. The molecule has 0 unspecified atom stereocenters. The van der Waals surface area contributed by atoms with Crippen LogP contribution in [0.1, 0.15) is 45.0 Å². The summed E-state index contributed by atoms with van der Waals surface area (Å²) in [6.07, 6.45) is 1.76. The van der Waals surface area contributed by atoms with Crippen LogP contribution in [-0.2, 0) is 19.1 Å². The molecule has 3 aromatic rings. The number of benzene rings is 3. The molecule has 0 radical (unpaired) electrons. The predicted molar refractivity (Wildman–Crippen MR) is 149 cm³/mol. The highest BCUT2D eigenvalue weighted by Gasteiger charge is 2.64. The molecule has 1 aliphatic heterocycles. The van der Waals surface area contributed by atoms with Crippen LogP contribution in [0.2, 0.25) is 5.02 Å². The van der Waals surface area contributed by atoms with Gasteiger partial charge in [0.2, 0.25) is 11.8 Å². The molecule has 0 spiro atoms. The fourth-order valence-corrected chi connectivity index (χ4v) is 6.75. The third-order valence-corrected chi connectivity index (χ3v) is 8.59. The summed E-state index contributed by atoms with van der Waals surface area (Å²) in [4.78, 5) is 65.2. The molecule has 2 bridgehead atoms. The Morgan fingerprint density at radius 2 is 1.56 bits per heavy atom. The normalized spacial score (nSPS) is 24.2. The van der Waals surface area contributed by atoms with Gasteiger partial charge in [0, 0.05) is 10.6 Å². The van der Waals surface area contributed by atoms with Crippen molar-refractivity contribution >= 4 is 46.9 Å². The van der Waals surface area contributed by atoms with Crippen molar-refractivity contribution in [1.82, 2.24) is 10.9 Å². The Balaban J connectivity index is 1.08. The molecule has 2 aliphatic carbocycles. The SMILES string of the molecule is O=C(COC(=O)c1cccc(N2C(=O)[C@@H]3[C@@H]4C[C@@H]([C@H]3C2=O)[C@@H](c2ccccc2)C4)c1)NNC(=O)c1ccc(Cl)cc1. The average Bonchev–Trinajstić information content (AvgIpc) is 3.66. The number of hydrazine groups is 1. The summed E-state index contributed by atoms with van der Waals surface area (Å²) >= 11 is 5.80. The van der Waals surface area contributed by atoms with Crippen LogP contribution in [0.4, 0.5) is 5.69 Å². The first-order valence-electron chi connectivity index (χ1n) is 13.4. The van der Waals surface area contributed by atoms with Crippen LogP contribution in [0.5, 0.6) is 0 Å². The van der Waals surface area contributed by atoms with Gasteiger partial charge in [-0.2, -0.15) is 0 Å². The van der Waals surface area contributed by atoms with Crippen LogP contribution in [0.15, 0.2) is 78.9 Å². The summed E-state index contributed by atoms with van der Waals surface area (Å²) in [5.41, 5.74) is 6.28. The van der Waals surface area contributed by atoms with Gasteiger partial charge in [-0.25, -0.2) is 4.79 Å². The van der Waals surface area contributed by atoms with E-state index in [1.807, 2.05) is 18.2 Å². The number of halogens is 1. The van der Waals surface area contributed by atoms with Crippen molar-refractivity contribution < 1.29 is 28.7 Å². The van der Waals surface area contributed by atoms with E-state index < -0.39 is 24.4 Å². The molecular weight excluding hydrogens is 546 g/mol. The number of nitrogens with zero attached hydrogens (tertiary/aromatic N) is 1. The van der Waals surface area contributed by atoms with Crippen molar-refractivity contribution in [3.63, 3.8) is 0 Å². The summed E-state index contributed by atoms with van der Waals surface area (Å²) in [7, 11) is 0. The molecule has 2 saturated carbocycles. The summed E-state index contributed by atoms with van der Waals surface area (Å²) in [6.45, 7) is -0.653. The van der Waals surface area contributed by atoms with Crippen molar-refractivity contribution in [1.29, 1.82) is 0 Å². The second-order valence-corrected chi connectivity index (χ2v) is 11.0. The lowest BCUT2D eigenvalue weighted by molar-refractivity contribution is -0.125. The van der Waals surface area contributed by atoms with Crippen molar-refractivity contribution in [3.05, 3.63) is 101 Å². The molecule has 0 aromatic heterocycles. The van der Waals surface area contributed by atoms with Gasteiger partial charge in [0.15, 0.2) is 6.61 Å². The van der Waals surface area contributed by atoms with Crippen LogP contribution in [0.3, 0.4) is 0 Å². The van der Waals surface area contributed by atoms with Crippen molar-refractivity contribution in [2.24, 2.45) is 23.7 Å². The van der Waals surface area contributed by atoms with Gasteiger partial charge in [-0.3, -0.25) is 34.9 Å². The molecular formula is C31H26ClN3O6. The standard InChI is InChI=1S/C31H26ClN3O6/c32-21-11-9-18(10-12-21)28(37)34-33-25(36)16-41-31(40)19-7-4-8-22(13-19)35-29(38)26-20-14-23(17-5-2-1-3-6-17)24(15-20)27(26)30(35)39/h1-13,20,23-24,26-27H,14-16H2,(H,33,36)(H,34,37)/t20-,23+,24+,26+,27+/m0/s1. The maximum absolute atomic E-state index is 13.6. The van der Waals surface area contributed by atoms with Gasteiger partial charge in [-0.15, -0.1) is 0 Å². The monoisotopic (exact) mass is 571 g/mol. The maximum atomic E-state index is 13.6. The quantitative estimate of drug-likeness (QED) is 0.263. The zero-order valence-corrected chi connectivity index (χ0v) is 22.5. The van der Waals surface area contributed by atoms with E-state index in [1.54, 1.807) is 12.1 Å². The Morgan fingerprint density at radius 1 is 0.829 bits per heavy atom. The molecule has 9 nitrogen and oxygen atoms in total. The van der Waals surface area contributed by atoms with Gasteiger partial charge in [-0.1, -0.05) is 48.0 Å². The Hall–Kier alpha value is -4.50. The molecule has 1 saturated heterocycles. The van der Waals surface area contributed by atoms with Crippen molar-refractivity contribution in [2.45, 2.75) is 18.8 Å². The number of rotatable bonds is 6. The number of imide groups is 1. The number of hydrogen-bond donors (Lipinski definition) is 2. The Morgan fingerprint density at radius 3 is 2.32 bits per heavy atom. The highest BCUT2D eigenvalue weighted by Crippen LogP contribution is 2.61. The van der Waals surface area contributed by atoms with E-state index in [-0.39, 0.29) is 52.5 Å². The van der Waals surface area contributed by atoms with Crippen LogP contribution in [-0.4, -0.2) is 36.2 Å². The van der Waals surface area contributed by atoms with Gasteiger partial charge in [-0.05, 0) is 78.6 Å². The number of ether oxygens (including phenoxy) is 1. The van der Waals surface area contributed by atoms with E-state index in [2.05, 4.69) is 23.0 Å². The number of carbonyl (C=O) groups is 5. The lowest BCUT2D eigenvalue weighted by Gasteiger charge is -2.28. The van der Waals surface area contributed by atoms with E-state index in [4.69, 9.17) is 16.3 Å². The number of amides is 4. The fourth-order valence-electron chi connectivity index (χ4n) is 6.62. The molecule has 2 N–H and O–H groups in total. The smallest absolute Gasteiger partial charge is 0.338 e.